The molecule has 1 aliphatic heterocycles. The molecule has 0 atom stereocenters. The van der Waals surface area contributed by atoms with E-state index in [4.69, 9.17) is 5.26 Å². The van der Waals surface area contributed by atoms with Crippen molar-refractivity contribution >= 4 is 10.9 Å². The highest BCUT2D eigenvalue weighted by molar-refractivity contribution is 5.83. The van der Waals surface area contributed by atoms with Crippen LogP contribution in [0.3, 0.4) is 0 Å². The van der Waals surface area contributed by atoms with E-state index < -0.39 is 0 Å². The summed E-state index contributed by atoms with van der Waals surface area (Å²) in [6.07, 6.45) is 6.14. The van der Waals surface area contributed by atoms with Gasteiger partial charge in [0.25, 0.3) is 0 Å². The lowest BCUT2D eigenvalue weighted by atomic mass is 10.1. The van der Waals surface area contributed by atoms with Crippen LogP contribution in [0.15, 0.2) is 30.5 Å². The van der Waals surface area contributed by atoms with Crippen LogP contribution in [0.25, 0.3) is 10.9 Å². The molecule has 4 nitrogen and oxygen atoms in total. The minimum atomic E-state index is 0.247. The molecule has 1 aromatic heterocycles. The van der Waals surface area contributed by atoms with E-state index in [1.807, 2.05) is 6.07 Å². The zero-order valence-electron chi connectivity index (χ0n) is 11.8. The number of piperidine rings is 1. The SMILES string of the molecule is OOCc1cn(CCN2CCCCC2)c2ccccc12. The summed E-state index contributed by atoms with van der Waals surface area (Å²) in [5, 5.41) is 9.87. The lowest BCUT2D eigenvalue weighted by Crippen LogP contribution is -2.32. The molecular weight excluding hydrogens is 252 g/mol. The van der Waals surface area contributed by atoms with Crippen molar-refractivity contribution in [3.05, 3.63) is 36.0 Å². The molecule has 0 radical (unpaired) electrons. The highest BCUT2D eigenvalue weighted by Gasteiger charge is 2.12. The molecular formula is C16H22N2O2. The lowest BCUT2D eigenvalue weighted by molar-refractivity contribution is -0.252. The Labute approximate surface area is 119 Å². The molecule has 4 heteroatoms. The first-order chi connectivity index (χ1) is 9.88. The molecule has 0 saturated carbocycles. The number of fused-ring (bicyclic) bond motifs is 1. The summed E-state index contributed by atoms with van der Waals surface area (Å²) in [6, 6.07) is 8.30. The molecule has 108 valence electrons. The van der Waals surface area contributed by atoms with Crippen molar-refractivity contribution in [3.8, 4) is 0 Å². The minimum Gasteiger partial charge on any atom is -0.346 e. The fourth-order valence-corrected chi connectivity index (χ4v) is 3.12. The van der Waals surface area contributed by atoms with Gasteiger partial charge in [-0.25, -0.2) is 4.89 Å². The molecule has 0 spiro atoms. The first-order valence-corrected chi connectivity index (χ1v) is 7.44. The standard InChI is InChI=1S/C16H22N2O2/c19-20-13-14-12-18(16-7-3-2-6-15(14)16)11-10-17-8-4-1-5-9-17/h2-3,6-7,12,19H,1,4-5,8-11,13H2. The Bertz CT molecular complexity index is 559. The molecule has 3 rings (SSSR count). The van der Waals surface area contributed by atoms with E-state index in [0.717, 1.165) is 18.7 Å². The van der Waals surface area contributed by atoms with E-state index >= 15 is 0 Å². The number of likely N-dealkylation sites (tertiary alicyclic amines) is 1. The van der Waals surface area contributed by atoms with Crippen LogP contribution >= 0.6 is 0 Å². The Morgan fingerprint density at radius 3 is 2.65 bits per heavy atom. The summed E-state index contributed by atoms with van der Waals surface area (Å²) in [5.74, 6) is 0. The van der Waals surface area contributed by atoms with Crippen LogP contribution < -0.4 is 0 Å². The highest BCUT2D eigenvalue weighted by Crippen LogP contribution is 2.22. The lowest BCUT2D eigenvalue weighted by Gasteiger charge is -2.26. The molecule has 1 aromatic carbocycles. The van der Waals surface area contributed by atoms with Gasteiger partial charge in [-0.15, -0.1) is 0 Å². The summed E-state index contributed by atoms with van der Waals surface area (Å²) in [5.41, 5.74) is 2.26. The van der Waals surface area contributed by atoms with Gasteiger partial charge in [0.15, 0.2) is 0 Å². The molecule has 1 fully saturated rings. The zero-order chi connectivity index (χ0) is 13.8. The van der Waals surface area contributed by atoms with Gasteiger partial charge in [-0.05, 0) is 32.0 Å². The van der Waals surface area contributed by atoms with E-state index in [-0.39, 0.29) is 6.61 Å². The van der Waals surface area contributed by atoms with E-state index in [1.165, 1.54) is 43.3 Å². The normalized spacial score (nSPS) is 16.9. The second-order valence-electron chi connectivity index (χ2n) is 5.54. The molecule has 0 aliphatic carbocycles. The fraction of sp³-hybridized carbons (Fsp3) is 0.500. The number of nitrogens with zero attached hydrogens (tertiary/aromatic N) is 2. The molecule has 0 bridgehead atoms. The number of rotatable bonds is 5. The first-order valence-electron chi connectivity index (χ1n) is 7.44. The fourth-order valence-electron chi connectivity index (χ4n) is 3.12. The van der Waals surface area contributed by atoms with Crippen molar-refractivity contribution in [3.63, 3.8) is 0 Å². The number of aromatic nitrogens is 1. The second kappa shape index (κ2) is 6.39. The quantitative estimate of drug-likeness (QED) is 0.672. The van der Waals surface area contributed by atoms with Crippen molar-refractivity contribution in [1.29, 1.82) is 0 Å². The number of para-hydroxylation sites is 1. The van der Waals surface area contributed by atoms with Crippen LogP contribution in [0.5, 0.6) is 0 Å². The molecule has 2 heterocycles. The average Bonchev–Trinajstić information content (AvgIpc) is 2.85. The van der Waals surface area contributed by atoms with Gasteiger partial charge >= 0.3 is 0 Å². The molecule has 0 unspecified atom stereocenters. The van der Waals surface area contributed by atoms with Gasteiger partial charge in [0, 0.05) is 35.8 Å². The van der Waals surface area contributed by atoms with E-state index in [1.54, 1.807) is 0 Å². The maximum absolute atomic E-state index is 8.70. The number of benzene rings is 1. The molecule has 1 aliphatic rings. The van der Waals surface area contributed by atoms with Crippen LogP contribution in [-0.4, -0.2) is 34.4 Å². The van der Waals surface area contributed by atoms with Gasteiger partial charge in [0.2, 0.25) is 0 Å². The van der Waals surface area contributed by atoms with E-state index in [2.05, 4.69) is 38.8 Å². The van der Waals surface area contributed by atoms with Crippen LogP contribution in [-0.2, 0) is 18.0 Å². The topological polar surface area (TPSA) is 37.6 Å². The summed E-state index contributed by atoms with van der Waals surface area (Å²) in [7, 11) is 0. The smallest absolute Gasteiger partial charge is 0.109 e. The summed E-state index contributed by atoms with van der Waals surface area (Å²) < 4.78 is 2.28. The van der Waals surface area contributed by atoms with Crippen molar-refractivity contribution in [1.82, 2.24) is 9.47 Å². The van der Waals surface area contributed by atoms with Gasteiger partial charge in [-0.2, -0.15) is 0 Å². The minimum absolute atomic E-state index is 0.247. The first kappa shape index (κ1) is 13.6. The van der Waals surface area contributed by atoms with Crippen molar-refractivity contribution in [2.75, 3.05) is 19.6 Å². The summed E-state index contributed by atoms with van der Waals surface area (Å²) in [4.78, 5) is 6.86. The van der Waals surface area contributed by atoms with Gasteiger partial charge in [-0.3, -0.25) is 5.26 Å². The molecule has 0 amide bonds. The van der Waals surface area contributed by atoms with E-state index in [9.17, 15) is 0 Å². The Kier molecular flexibility index (Phi) is 4.35. The number of hydrogen-bond acceptors (Lipinski definition) is 3. The molecule has 1 saturated heterocycles. The molecule has 20 heavy (non-hydrogen) atoms. The van der Waals surface area contributed by atoms with Gasteiger partial charge in [0.05, 0.1) is 0 Å². The van der Waals surface area contributed by atoms with Gasteiger partial charge in [0.1, 0.15) is 6.61 Å². The predicted octanol–water partition coefficient (Wildman–Crippen LogP) is 3.12. The Morgan fingerprint density at radius 2 is 1.85 bits per heavy atom. The Hall–Kier alpha value is -1.36. The van der Waals surface area contributed by atoms with Crippen molar-refractivity contribution in [2.24, 2.45) is 0 Å². The van der Waals surface area contributed by atoms with Crippen molar-refractivity contribution in [2.45, 2.75) is 32.4 Å². The second-order valence-corrected chi connectivity index (χ2v) is 5.54. The number of hydrogen-bond donors (Lipinski definition) is 1. The Balaban J connectivity index is 1.76. The zero-order valence-corrected chi connectivity index (χ0v) is 11.8. The molecule has 1 N–H and O–H groups in total. The monoisotopic (exact) mass is 274 g/mol. The van der Waals surface area contributed by atoms with Crippen molar-refractivity contribution < 1.29 is 10.1 Å². The third-order valence-corrected chi connectivity index (χ3v) is 4.20. The maximum Gasteiger partial charge on any atom is 0.109 e. The van der Waals surface area contributed by atoms with Gasteiger partial charge in [-0.1, -0.05) is 24.6 Å². The van der Waals surface area contributed by atoms with E-state index in [0.29, 0.717) is 0 Å². The third kappa shape index (κ3) is 2.87. The third-order valence-electron chi connectivity index (χ3n) is 4.20. The maximum atomic E-state index is 8.70. The summed E-state index contributed by atoms with van der Waals surface area (Å²) in [6.45, 7) is 4.79. The van der Waals surface area contributed by atoms with Crippen LogP contribution in [0, 0.1) is 0 Å². The summed E-state index contributed by atoms with van der Waals surface area (Å²) >= 11 is 0. The molecule has 2 aromatic rings. The Morgan fingerprint density at radius 1 is 1.05 bits per heavy atom. The largest absolute Gasteiger partial charge is 0.346 e. The van der Waals surface area contributed by atoms with Crippen LogP contribution in [0.4, 0.5) is 0 Å². The van der Waals surface area contributed by atoms with Crippen LogP contribution in [0.2, 0.25) is 0 Å². The highest BCUT2D eigenvalue weighted by atomic mass is 17.1. The van der Waals surface area contributed by atoms with Gasteiger partial charge < -0.3 is 9.47 Å². The average molecular weight is 274 g/mol. The van der Waals surface area contributed by atoms with Crippen LogP contribution in [0.1, 0.15) is 24.8 Å². The predicted molar refractivity (Wildman–Crippen MR) is 79.6 cm³/mol.